The molecule has 1 aromatic carbocycles. The molecule has 1 heterocycles. The highest BCUT2D eigenvalue weighted by Crippen LogP contribution is 2.20. The van der Waals surface area contributed by atoms with Crippen LogP contribution in [0.1, 0.15) is 18.9 Å². The van der Waals surface area contributed by atoms with Gasteiger partial charge in [-0.25, -0.2) is 0 Å². The number of carbonyl (C=O) groups is 2. The van der Waals surface area contributed by atoms with Crippen molar-refractivity contribution in [3.05, 3.63) is 23.8 Å². The van der Waals surface area contributed by atoms with Crippen molar-refractivity contribution in [1.29, 1.82) is 0 Å². The minimum Gasteiger partial charge on any atom is -0.378 e. The number of rotatable bonds is 5. The first kappa shape index (κ1) is 16.3. The SMILES string of the molecule is CCC(=O)Nc1cc(NCC(=O)N2CCOCC2)ccc1C. The molecule has 2 rings (SSSR count). The Hall–Kier alpha value is -2.08. The summed E-state index contributed by atoms with van der Waals surface area (Å²) in [5.41, 5.74) is 2.58. The van der Waals surface area contributed by atoms with Crippen LogP contribution in [0, 0.1) is 6.92 Å². The number of hydrogen-bond donors (Lipinski definition) is 2. The van der Waals surface area contributed by atoms with E-state index in [2.05, 4.69) is 10.6 Å². The van der Waals surface area contributed by atoms with E-state index in [0.717, 1.165) is 16.9 Å². The maximum Gasteiger partial charge on any atom is 0.242 e. The van der Waals surface area contributed by atoms with Gasteiger partial charge in [0.15, 0.2) is 0 Å². The monoisotopic (exact) mass is 305 g/mol. The maximum absolute atomic E-state index is 12.1. The van der Waals surface area contributed by atoms with E-state index in [0.29, 0.717) is 32.7 Å². The van der Waals surface area contributed by atoms with Gasteiger partial charge in [0.25, 0.3) is 0 Å². The molecule has 22 heavy (non-hydrogen) atoms. The molecule has 1 aromatic rings. The van der Waals surface area contributed by atoms with E-state index in [9.17, 15) is 9.59 Å². The lowest BCUT2D eigenvalue weighted by Crippen LogP contribution is -2.43. The fraction of sp³-hybridized carbons (Fsp3) is 0.500. The highest BCUT2D eigenvalue weighted by atomic mass is 16.5. The first-order valence-corrected chi connectivity index (χ1v) is 7.60. The van der Waals surface area contributed by atoms with E-state index in [1.807, 2.05) is 32.0 Å². The number of hydrogen-bond acceptors (Lipinski definition) is 4. The molecular formula is C16H23N3O3. The predicted molar refractivity (Wildman–Crippen MR) is 86.0 cm³/mol. The summed E-state index contributed by atoms with van der Waals surface area (Å²) in [6.07, 6.45) is 0.437. The molecule has 0 atom stereocenters. The van der Waals surface area contributed by atoms with Gasteiger partial charge in [-0.05, 0) is 24.6 Å². The number of aryl methyl sites for hydroxylation is 1. The van der Waals surface area contributed by atoms with E-state index < -0.39 is 0 Å². The van der Waals surface area contributed by atoms with E-state index in [4.69, 9.17) is 4.74 Å². The van der Waals surface area contributed by atoms with Gasteiger partial charge in [-0.15, -0.1) is 0 Å². The number of morpholine rings is 1. The Labute approximate surface area is 130 Å². The molecule has 0 saturated carbocycles. The van der Waals surface area contributed by atoms with Crippen molar-refractivity contribution in [2.75, 3.05) is 43.5 Å². The number of anilines is 2. The normalized spacial score (nSPS) is 14.5. The molecule has 0 aliphatic carbocycles. The molecule has 6 nitrogen and oxygen atoms in total. The summed E-state index contributed by atoms with van der Waals surface area (Å²) in [5, 5.41) is 5.98. The third-order valence-corrected chi connectivity index (χ3v) is 3.64. The number of ether oxygens (including phenoxy) is 1. The molecule has 2 N–H and O–H groups in total. The molecule has 0 aromatic heterocycles. The van der Waals surface area contributed by atoms with Crippen molar-refractivity contribution in [3.8, 4) is 0 Å². The summed E-state index contributed by atoms with van der Waals surface area (Å²) < 4.78 is 5.23. The first-order valence-electron chi connectivity index (χ1n) is 7.60. The zero-order valence-electron chi connectivity index (χ0n) is 13.1. The average Bonchev–Trinajstić information content (AvgIpc) is 2.55. The number of carbonyl (C=O) groups excluding carboxylic acids is 2. The van der Waals surface area contributed by atoms with Crippen molar-refractivity contribution in [2.45, 2.75) is 20.3 Å². The third kappa shape index (κ3) is 4.46. The van der Waals surface area contributed by atoms with Crippen molar-refractivity contribution < 1.29 is 14.3 Å². The van der Waals surface area contributed by atoms with Gasteiger partial charge in [0.05, 0.1) is 19.8 Å². The molecule has 120 valence electrons. The molecule has 0 bridgehead atoms. The van der Waals surface area contributed by atoms with Crippen LogP contribution in [0.5, 0.6) is 0 Å². The fourth-order valence-electron chi connectivity index (χ4n) is 2.21. The van der Waals surface area contributed by atoms with Crippen molar-refractivity contribution in [1.82, 2.24) is 4.90 Å². The van der Waals surface area contributed by atoms with E-state index >= 15 is 0 Å². The zero-order valence-corrected chi connectivity index (χ0v) is 13.1. The molecule has 0 unspecified atom stereocenters. The quantitative estimate of drug-likeness (QED) is 0.867. The van der Waals surface area contributed by atoms with Gasteiger partial charge in [0.2, 0.25) is 11.8 Å². The summed E-state index contributed by atoms with van der Waals surface area (Å²) in [4.78, 5) is 25.4. The van der Waals surface area contributed by atoms with Crippen LogP contribution in [0.3, 0.4) is 0 Å². The second-order valence-corrected chi connectivity index (χ2v) is 5.28. The van der Waals surface area contributed by atoms with Crippen LogP contribution >= 0.6 is 0 Å². The smallest absolute Gasteiger partial charge is 0.242 e. The number of benzene rings is 1. The minimum atomic E-state index is -0.0235. The van der Waals surface area contributed by atoms with E-state index in [1.165, 1.54) is 0 Å². The third-order valence-electron chi connectivity index (χ3n) is 3.64. The van der Waals surface area contributed by atoms with Crippen LogP contribution < -0.4 is 10.6 Å². The van der Waals surface area contributed by atoms with E-state index in [1.54, 1.807) is 4.90 Å². The van der Waals surface area contributed by atoms with Crippen LogP contribution in [0.2, 0.25) is 0 Å². The lowest BCUT2D eigenvalue weighted by atomic mass is 10.1. The van der Waals surface area contributed by atoms with Crippen LogP contribution in [0.15, 0.2) is 18.2 Å². The second kappa shape index (κ2) is 7.79. The lowest BCUT2D eigenvalue weighted by Gasteiger charge is -2.27. The molecule has 1 saturated heterocycles. The van der Waals surface area contributed by atoms with Crippen LogP contribution in [-0.4, -0.2) is 49.6 Å². The van der Waals surface area contributed by atoms with Crippen LogP contribution in [0.25, 0.3) is 0 Å². The zero-order chi connectivity index (χ0) is 15.9. The Balaban J connectivity index is 1.93. The van der Waals surface area contributed by atoms with Gasteiger partial charge < -0.3 is 20.3 Å². The highest BCUT2D eigenvalue weighted by Gasteiger charge is 2.16. The Kier molecular flexibility index (Phi) is 5.77. The summed E-state index contributed by atoms with van der Waals surface area (Å²) in [6.45, 7) is 6.48. The largest absolute Gasteiger partial charge is 0.378 e. The summed E-state index contributed by atoms with van der Waals surface area (Å²) in [6, 6.07) is 5.69. The molecule has 1 aliphatic rings. The van der Waals surface area contributed by atoms with Gasteiger partial charge in [-0.1, -0.05) is 13.0 Å². The maximum atomic E-state index is 12.1. The molecule has 6 heteroatoms. The van der Waals surface area contributed by atoms with Gasteiger partial charge in [0, 0.05) is 30.9 Å². The molecule has 0 spiro atoms. The number of nitrogens with zero attached hydrogens (tertiary/aromatic N) is 1. The lowest BCUT2D eigenvalue weighted by molar-refractivity contribution is -0.133. The van der Waals surface area contributed by atoms with Gasteiger partial charge >= 0.3 is 0 Å². The van der Waals surface area contributed by atoms with Gasteiger partial charge in [-0.2, -0.15) is 0 Å². The van der Waals surface area contributed by atoms with E-state index in [-0.39, 0.29) is 18.4 Å². The molecule has 0 radical (unpaired) electrons. The Morgan fingerprint density at radius 1 is 1.27 bits per heavy atom. The van der Waals surface area contributed by atoms with Crippen LogP contribution in [0.4, 0.5) is 11.4 Å². The van der Waals surface area contributed by atoms with Crippen molar-refractivity contribution in [3.63, 3.8) is 0 Å². The van der Waals surface area contributed by atoms with Gasteiger partial charge in [-0.3, -0.25) is 9.59 Å². The molecule has 1 fully saturated rings. The summed E-state index contributed by atoms with van der Waals surface area (Å²) >= 11 is 0. The summed E-state index contributed by atoms with van der Waals surface area (Å²) in [7, 11) is 0. The predicted octanol–water partition coefficient (Wildman–Crippen LogP) is 1.61. The Morgan fingerprint density at radius 3 is 2.68 bits per heavy atom. The van der Waals surface area contributed by atoms with Crippen LogP contribution in [-0.2, 0) is 14.3 Å². The fourth-order valence-corrected chi connectivity index (χ4v) is 2.21. The summed E-state index contributed by atoms with van der Waals surface area (Å²) in [5.74, 6) is 0.0349. The topological polar surface area (TPSA) is 70.7 Å². The molecular weight excluding hydrogens is 282 g/mol. The Bertz CT molecular complexity index is 539. The standard InChI is InChI=1S/C16H23N3O3/c1-3-15(20)18-14-10-13(5-4-12(14)2)17-11-16(21)19-6-8-22-9-7-19/h4-5,10,17H,3,6-9,11H2,1-2H3,(H,18,20). The molecule has 2 amide bonds. The van der Waals surface area contributed by atoms with Crippen molar-refractivity contribution in [2.24, 2.45) is 0 Å². The number of amides is 2. The number of nitrogens with one attached hydrogen (secondary N) is 2. The Morgan fingerprint density at radius 2 is 2.00 bits per heavy atom. The minimum absolute atomic E-state index is 0.0235. The highest BCUT2D eigenvalue weighted by molar-refractivity contribution is 5.92. The first-order chi connectivity index (χ1) is 10.6. The van der Waals surface area contributed by atoms with Crippen molar-refractivity contribution >= 4 is 23.2 Å². The van der Waals surface area contributed by atoms with Gasteiger partial charge in [0.1, 0.15) is 0 Å². The second-order valence-electron chi connectivity index (χ2n) is 5.28. The average molecular weight is 305 g/mol. The molecule has 1 aliphatic heterocycles.